The molecule has 0 radical (unpaired) electrons. The molecule has 134 valence electrons. The fraction of sp³-hybridized carbons (Fsp3) is 0.222. The molecule has 1 aromatic heterocycles. The van der Waals surface area contributed by atoms with Crippen LogP contribution in [0.1, 0.15) is 10.4 Å². The van der Waals surface area contributed by atoms with E-state index in [1.807, 2.05) is 23.1 Å². The number of fused-ring (bicyclic) bond motifs is 1. The van der Waals surface area contributed by atoms with Gasteiger partial charge in [0.15, 0.2) is 5.13 Å². The number of amides is 1. The molecule has 1 aliphatic heterocycles. The standard InChI is InChI=1S/C18H14Cl3N3OS/c19-12-8-11(9-13(20)10-12)17(25)23-4-6-24(7-5-23)18-22-16-14(21)2-1-3-15(16)26-18/h1-3,8-10H,4-7H2. The Labute approximate surface area is 169 Å². The molecule has 1 fully saturated rings. The number of rotatable bonds is 2. The van der Waals surface area contributed by atoms with Crippen molar-refractivity contribution in [2.24, 2.45) is 0 Å². The summed E-state index contributed by atoms with van der Waals surface area (Å²) in [7, 11) is 0. The third-order valence-electron chi connectivity index (χ3n) is 4.31. The zero-order valence-electron chi connectivity index (χ0n) is 13.6. The van der Waals surface area contributed by atoms with Crippen LogP contribution in [0, 0.1) is 0 Å². The van der Waals surface area contributed by atoms with Gasteiger partial charge in [-0.3, -0.25) is 4.79 Å². The molecule has 1 saturated heterocycles. The fourth-order valence-electron chi connectivity index (χ4n) is 3.00. The van der Waals surface area contributed by atoms with Crippen LogP contribution in [0.3, 0.4) is 0 Å². The van der Waals surface area contributed by atoms with Gasteiger partial charge in [-0.25, -0.2) is 4.98 Å². The van der Waals surface area contributed by atoms with Crippen molar-refractivity contribution in [1.29, 1.82) is 0 Å². The molecule has 0 saturated carbocycles. The Morgan fingerprint density at radius 1 is 1.00 bits per heavy atom. The molecular weight excluding hydrogens is 413 g/mol. The van der Waals surface area contributed by atoms with Crippen molar-refractivity contribution in [3.05, 3.63) is 57.0 Å². The van der Waals surface area contributed by atoms with Gasteiger partial charge in [0.25, 0.3) is 5.91 Å². The largest absolute Gasteiger partial charge is 0.345 e. The molecule has 8 heteroatoms. The molecule has 2 aromatic carbocycles. The maximum Gasteiger partial charge on any atom is 0.254 e. The summed E-state index contributed by atoms with van der Waals surface area (Å²) in [4.78, 5) is 21.4. The van der Waals surface area contributed by atoms with Gasteiger partial charge in [0.2, 0.25) is 0 Å². The lowest BCUT2D eigenvalue weighted by molar-refractivity contribution is 0.0747. The Morgan fingerprint density at radius 3 is 2.35 bits per heavy atom. The molecule has 0 spiro atoms. The molecule has 26 heavy (non-hydrogen) atoms. The number of thiazole rings is 1. The van der Waals surface area contributed by atoms with Crippen molar-refractivity contribution in [1.82, 2.24) is 9.88 Å². The van der Waals surface area contributed by atoms with Crippen LogP contribution in [0.15, 0.2) is 36.4 Å². The molecule has 4 nitrogen and oxygen atoms in total. The van der Waals surface area contributed by atoms with Crippen molar-refractivity contribution in [3.8, 4) is 0 Å². The summed E-state index contributed by atoms with van der Waals surface area (Å²) >= 11 is 19.9. The third kappa shape index (κ3) is 3.49. The summed E-state index contributed by atoms with van der Waals surface area (Å²) in [6, 6.07) is 10.7. The van der Waals surface area contributed by atoms with Crippen LogP contribution in [-0.2, 0) is 0 Å². The zero-order valence-corrected chi connectivity index (χ0v) is 16.7. The number of anilines is 1. The Morgan fingerprint density at radius 2 is 1.69 bits per heavy atom. The lowest BCUT2D eigenvalue weighted by Gasteiger charge is -2.34. The van der Waals surface area contributed by atoms with Gasteiger partial charge < -0.3 is 9.80 Å². The average molecular weight is 427 g/mol. The number of benzene rings is 2. The van der Waals surface area contributed by atoms with E-state index in [2.05, 4.69) is 9.88 Å². The van der Waals surface area contributed by atoms with E-state index in [0.29, 0.717) is 33.7 Å². The molecule has 1 aliphatic rings. The van der Waals surface area contributed by atoms with Crippen LogP contribution in [-0.4, -0.2) is 42.0 Å². The Kier molecular flexibility index (Phi) is 4.97. The maximum atomic E-state index is 12.7. The summed E-state index contributed by atoms with van der Waals surface area (Å²) in [5.74, 6) is -0.0543. The minimum Gasteiger partial charge on any atom is -0.345 e. The number of para-hydroxylation sites is 1. The molecule has 4 rings (SSSR count). The normalized spacial score (nSPS) is 14.9. The monoisotopic (exact) mass is 425 g/mol. The van der Waals surface area contributed by atoms with Gasteiger partial charge in [-0.2, -0.15) is 0 Å². The number of carbonyl (C=O) groups excluding carboxylic acids is 1. The van der Waals surface area contributed by atoms with Gasteiger partial charge >= 0.3 is 0 Å². The molecule has 0 atom stereocenters. The highest BCUT2D eigenvalue weighted by Crippen LogP contribution is 2.33. The van der Waals surface area contributed by atoms with Crippen molar-refractivity contribution >= 4 is 67.4 Å². The van der Waals surface area contributed by atoms with E-state index in [0.717, 1.165) is 28.4 Å². The van der Waals surface area contributed by atoms with Crippen LogP contribution < -0.4 is 4.90 Å². The minimum absolute atomic E-state index is 0.0543. The number of nitrogens with zero attached hydrogens (tertiary/aromatic N) is 3. The molecule has 3 aromatic rings. The quantitative estimate of drug-likeness (QED) is 0.564. The summed E-state index contributed by atoms with van der Waals surface area (Å²) in [6.45, 7) is 2.67. The molecule has 0 unspecified atom stereocenters. The smallest absolute Gasteiger partial charge is 0.254 e. The SMILES string of the molecule is O=C(c1cc(Cl)cc(Cl)c1)N1CCN(c2nc3c(Cl)cccc3s2)CC1. The molecule has 0 bridgehead atoms. The van der Waals surface area contributed by atoms with E-state index >= 15 is 0 Å². The number of piperazine rings is 1. The predicted octanol–water partition coefficient (Wildman–Crippen LogP) is 5.22. The average Bonchev–Trinajstić information content (AvgIpc) is 3.06. The first-order valence-electron chi connectivity index (χ1n) is 8.06. The van der Waals surface area contributed by atoms with E-state index in [-0.39, 0.29) is 5.91 Å². The second kappa shape index (κ2) is 7.24. The first-order chi connectivity index (χ1) is 12.5. The summed E-state index contributed by atoms with van der Waals surface area (Å²) in [5.41, 5.74) is 1.35. The number of aromatic nitrogens is 1. The van der Waals surface area contributed by atoms with E-state index in [4.69, 9.17) is 34.8 Å². The summed E-state index contributed by atoms with van der Waals surface area (Å²) in [5, 5.41) is 2.53. The van der Waals surface area contributed by atoms with E-state index in [1.54, 1.807) is 29.5 Å². The van der Waals surface area contributed by atoms with Crippen molar-refractivity contribution < 1.29 is 4.79 Å². The number of halogens is 3. The highest BCUT2D eigenvalue weighted by molar-refractivity contribution is 7.22. The zero-order chi connectivity index (χ0) is 18.3. The van der Waals surface area contributed by atoms with Crippen molar-refractivity contribution in [3.63, 3.8) is 0 Å². The maximum absolute atomic E-state index is 12.7. The van der Waals surface area contributed by atoms with E-state index < -0.39 is 0 Å². The van der Waals surface area contributed by atoms with E-state index in [9.17, 15) is 4.79 Å². The summed E-state index contributed by atoms with van der Waals surface area (Å²) in [6.07, 6.45) is 0. The number of carbonyl (C=O) groups is 1. The van der Waals surface area contributed by atoms with Gasteiger partial charge in [0, 0.05) is 41.8 Å². The first kappa shape index (κ1) is 17.9. The predicted molar refractivity (Wildman–Crippen MR) is 109 cm³/mol. The van der Waals surface area contributed by atoms with Gasteiger partial charge in [-0.15, -0.1) is 0 Å². The minimum atomic E-state index is -0.0543. The third-order valence-corrected chi connectivity index (χ3v) is 6.13. The molecule has 2 heterocycles. The van der Waals surface area contributed by atoms with Gasteiger partial charge in [-0.05, 0) is 30.3 Å². The summed E-state index contributed by atoms with van der Waals surface area (Å²) < 4.78 is 1.07. The fourth-order valence-corrected chi connectivity index (χ4v) is 4.84. The van der Waals surface area contributed by atoms with E-state index in [1.165, 1.54) is 0 Å². The van der Waals surface area contributed by atoms with Gasteiger partial charge in [0.1, 0.15) is 5.52 Å². The Balaban J connectivity index is 1.48. The number of hydrogen-bond donors (Lipinski definition) is 0. The highest BCUT2D eigenvalue weighted by atomic mass is 35.5. The van der Waals surface area contributed by atoms with Crippen LogP contribution in [0.4, 0.5) is 5.13 Å². The van der Waals surface area contributed by atoms with Gasteiger partial charge in [0.05, 0.1) is 9.72 Å². The first-order valence-corrected chi connectivity index (χ1v) is 10.0. The topological polar surface area (TPSA) is 36.4 Å². The lowest BCUT2D eigenvalue weighted by atomic mass is 10.2. The van der Waals surface area contributed by atoms with Crippen molar-refractivity contribution in [2.75, 3.05) is 31.1 Å². The van der Waals surface area contributed by atoms with Gasteiger partial charge in [-0.1, -0.05) is 52.2 Å². The second-order valence-corrected chi connectivity index (χ2v) is 8.31. The molecule has 0 N–H and O–H groups in total. The van der Waals surface area contributed by atoms with Crippen LogP contribution in [0.5, 0.6) is 0 Å². The Bertz CT molecular complexity index is 963. The second-order valence-electron chi connectivity index (χ2n) is 6.02. The Hall–Kier alpha value is -1.53. The van der Waals surface area contributed by atoms with Crippen LogP contribution >= 0.6 is 46.1 Å². The van der Waals surface area contributed by atoms with Crippen LogP contribution in [0.25, 0.3) is 10.2 Å². The molecular formula is C18H14Cl3N3OS. The highest BCUT2D eigenvalue weighted by Gasteiger charge is 2.24. The van der Waals surface area contributed by atoms with Crippen LogP contribution in [0.2, 0.25) is 15.1 Å². The number of hydrogen-bond acceptors (Lipinski definition) is 4. The lowest BCUT2D eigenvalue weighted by Crippen LogP contribution is -2.48. The van der Waals surface area contributed by atoms with Crippen molar-refractivity contribution in [2.45, 2.75) is 0 Å². The molecule has 1 amide bonds. The molecule has 0 aliphatic carbocycles.